The van der Waals surface area contributed by atoms with E-state index in [2.05, 4.69) is 15.5 Å². The Bertz CT molecular complexity index is 421. The van der Waals surface area contributed by atoms with E-state index in [1.54, 1.807) is 0 Å². The highest BCUT2D eigenvalue weighted by Gasteiger charge is 2.38. The van der Waals surface area contributed by atoms with Gasteiger partial charge >= 0.3 is 0 Å². The summed E-state index contributed by atoms with van der Waals surface area (Å²) in [6.45, 7) is 4.88. The van der Waals surface area contributed by atoms with Gasteiger partial charge in [-0.3, -0.25) is 0 Å². The van der Waals surface area contributed by atoms with E-state index >= 15 is 0 Å². The fourth-order valence-corrected chi connectivity index (χ4v) is 3.27. The number of aromatic nitrogens is 2. The quantitative estimate of drug-likeness (QED) is 0.839. The summed E-state index contributed by atoms with van der Waals surface area (Å²) in [5, 5.41) is 7.53. The molecule has 1 saturated carbocycles. The zero-order chi connectivity index (χ0) is 13.8. The smallest absolute Gasteiger partial charge is 0.227 e. The van der Waals surface area contributed by atoms with Gasteiger partial charge in [-0.05, 0) is 38.8 Å². The molecule has 20 heavy (non-hydrogen) atoms. The summed E-state index contributed by atoms with van der Waals surface area (Å²) in [4.78, 5) is 4.66. The van der Waals surface area contributed by atoms with Crippen molar-refractivity contribution in [2.45, 2.75) is 57.5 Å². The highest BCUT2D eigenvalue weighted by Crippen LogP contribution is 2.38. The molecule has 0 amide bonds. The van der Waals surface area contributed by atoms with Crippen LogP contribution in [0.25, 0.3) is 0 Å². The number of hydrogen-bond donors (Lipinski definition) is 1. The van der Waals surface area contributed by atoms with Crippen LogP contribution in [-0.4, -0.2) is 29.8 Å². The Morgan fingerprint density at radius 2 is 2.00 bits per heavy atom. The second-order valence-corrected chi connectivity index (χ2v) is 6.08. The molecule has 1 aliphatic carbocycles. The van der Waals surface area contributed by atoms with Crippen LogP contribution in [0.4, 0.5) is 0 Å². The Kier molecular flexibility index (Phi) is 4.36. The molecule has 5 nitrogen and oxygen atoms in total. The van der Waals surface area contributed by atoms with Crippen LogP contribution >= 0.6 is 0 Å². The van der Waals surface area contributed by atoms with Crippen LogP contribution in [-0.2, 0) is 16.8 Å². The summed E-state index contributed by atoms with van der Waals surface area (Å²) in [5.41, 5.74) is -0.301. The summed E-state index contributed by atoms with van der Waals surface area (Å²) in [6, 6.07) is 0. The Morgan fingerprint density at radius 1 is 1.25 bits per heavy atom. The number of nitrogens with zero attached hydrogens (tertiary/aromatic N) is 2. The summed E-state index contributed by atoms with van der Waals surface area (Å²) in [5.74, 6) is 2.21. The van der Waals surface area contributed by atoms with Gasteiger partial charge in [-0.1, -0.05) is 30.8 Å². The predicted octanol–water partition coefficient (Wildman–Crippen LogP) is 2.42. The molecule has 2 heterocycles. The molecule has 0 aromatic carbocycles. The molecule has 112 valence electrons. The van der Waals surface area contributed by atoms with Crippen LogP contribution in [0.3, 0.4) is 0 Å². The summed E-state index contributed by atoms with van der Waals surface area (Å²) >= 11 is 0. The van der Waals surface area contributed by atoms with E-state index in [0.717, 1.165) is 44.1 Å². The lowest BCUT2D eigenvalue weighted by Crippen LogP contribution is -2.43. The van der Waals surface area contributed by atoms with Gasteiger partial charge in [0.25, 0.3) is 0 Å². The summed E-state index contributed by atoms with van der Waals surface area (Å²) in [6.07, 6.45) is 7.88. The minimum atomic E-state index is -0.301. The second-order valence-electron chi connectivity index (χ2n) is 6.08. The first-order valence-corrected chi connectivity index (χ1v) is 8.00. The molecule has 0 bridgehead atoms. The zero-order valence-corrected chi connectivity index (χ0v) is 12.4. The van der Waals surface area contributed by atoms with Crippen molar-refractivity contribution in [2.75, 3.05) is 19.7 Å². The van der Waals surface area contributed by atoms with Crippen molar-refractivity contribution >= 4 is 0 Å². The van der Waals surface area contributed by atoms with Crippen LogP contribution in [0.15, 0.2) is 4.52 Å². The molecular weight excluding hydrogens is 254 g/mol. The lowest BCUT2D eigenvalue weighted by molar-refractivity contribution is -0.0636. The van der Waals surface area contributed by atoms with Gasteiger partial charge in [-0.2, -0.15) is 4.98 Å². The van der Waals surface area contributed by atoms with Gasteiger partial charge < -0.3 is 14.6 Å². The zero-order valence-electron chi connectivity index (χ0n) is 12.4. The summed E-state index contributed by atoms with van der Waals surface area (Å²) < 4.78 is 11.6. The molecule has 2 fully saturated rings. The van der Waals surface area contributed by atoms with E-state index in [0.29, 0.717) is 12.5 Å². The van der Waals surface area contributed by atoms with E-state index < -0.39 is 0 Å². The third kappa shape index (κ3) is 2.88. The number of ether oxygens (including phenoxy) is 1. The molecule has 1 aromatic heterocycles. The van der Waals surface area contributed by atoms with Crippen LogP contribution in [0.1, 0.15) is 57.2 Å². The minimum absolute atomic E-state index is 0.301. The van der Waals surface area contributed by atoms with Gasteiger partial charge in [-0.15, -0.1) is 0 Å². The maximum absolute atomic E-state index is 6.10. The van der Waals surface area contributed by atoms with E-state index in [1.807, 2.05) is 6.92 Å². The Hall–Kier alpha value is -0.940. The van der Waals surface area contributed by atoms with Gasteiger partial charge in [-0.25, -0.2) is 0 Å². The Morgan fingerprint density at radius 3 is 2.60 bits per heavy atom. The fourth-order valence-electron chi connectivity index (χ4n) is 3.27. The number of nitrogens with one attached hydrogen (secondary N) is 1. The molecule has 1 N–H and O–H groups in total. The van der Waals surface area contributed by atoms with Gasteiger partial charge in [0.1, 0.15) is 5.60 Å². The standard InChI is InChI=1S/C15H25N3O2/c1-2-19-15(7-5-3-4-6-8-15)14-17-13(20-18-14)9-12-10-16-11-12/h12,16H,2-11H2,1H3. The number of hydrogen-bond acceptors (Lipinski definition) is 5. The Labute approximate surface area is 120 Å². The van der Waals surface area contributed by atoms with Crippen molar-refractivity contribution in [3.05, 3.63) is 11.7 Å². The summed E-state index contributed by atoms with van der Waals surface area (Å²) in [7, 11) is 0. The molecule has 3 rings (SSSR count). The first-order chi connectivity index (χ1) is 9.82. The SMILES string of the molecule is CCOC1(c2noc(CC3CNC3)n2)CCCCCC1. The highest BCUT2D eigenvalue weighted by molar-refractivity contribution is 5.03. The first-order valence-electron chi connectivity index (χ1n) is 8.00. The molecular formula is C15H25N3O2. The van der Waals surface area contributed by atoms with E-state index in [1.165, 1.54) is 25.7 Å². The van der Waals surface area contributed by atoms with Crippen LogP contribution < -0.4 is 5.32 Å². The van der Waals surface area contributed by atoms with Gasteiger partial charge in [0, 0.05) is 13.0 Å². The molecule has 0 atom stereocenters. The molecule has 0 unspecified atom stereocenters. The average Bonchev–Trinajstić information content (AvgIpc) is 2.75. The van der Waals surface area contributed by atoms with Crippen LogP contribution in [0, 0.1) is 5.92 Å². The van der Waals surface area contributed by atoms with Crippen molar-refractivity contribution in [1.82, 2.24) is 15.5 Å². The van der Waals surface area contributed by atoms with Crippen molar-refractivity contribution < 1.29 is 9.26 Å². The van der Waals surface area contributed by atoms with Crippen molar-refractivity contribution in [3.63, 3.8) is 0 Å². The first kappa shape index (κ1) is 14.0. The largest absolute Gasteiger partial charge is 0.367 e. The van der Waals surface area contributed by atoms with Gasteiger partial charge in [0.05, 0.1) is 0 Å². The fraction of sp³-hybridized carbons (Fsp3) is 0.867. The monoisotopic (exact) mass is 279 g/mol. The molecule has 1 saturated heterocycles. The normalized spacial score (nSPS) is 23.2. The predicted molar refractivity (Wildman–Crippen MR) is 75.4 cm³/mol. The van der Waals surface area contributed by atoms with Crippen molar-refractivity contribution in [2.24, 2.45) is 5.92 Å². The third-order valence-corrected chi connectivity index (χ3v) is 4.54. The molecule has 0 spiro atoms. The molecule has 0 radical (unpaired) electrons. The van der Waals surface area contributed by atoms with E-state index in [4.69, 9.17) is 9.26 Å². The van der Waals surface area contributed by atoms with Gasteiger partial charge in [0.2, 0.25) is 11.7 Å². The molecule has 2 aliphatic rings. The van der Waals surface area contributed by atoms with Gasteiger partial charge in [0.15, 0.2) is 0 Å². The average molecular weight is 279 g/mol. The van der Waals surface area contributed by atoms with Crippen LogP contribution in [0.5, 0.6) is 0 Å². The highest BCUT2D eigenvalue weighted by atomic mass is 16.5. The number of rotatable bonds is 5. The lowest BCUT2D eigenvalue weighted by atomic mass is 9.93. The molecule has 1 aromatic rings. The van der Waals surface area contributed by atoms with Crippen molar-refractivity contribution in [3.8, 4) is 0 Å². The lowest BCUT2D eigenvalue weighted by Gasteiger charge is -2.29. The topological polar surface area (TPSA) is 60.2 Å². The molecule has 1 aliphatic heterocycles. The Balaban J connectivity index is 1.75. The maximum Gasteiger partial charge on any atom is 0.227 e. The second kappa shape index (κ2) is 6.22. The minimum Gasteiger partial charge on any atom is -0.367 e. The molecule has 5 heteroatoms. The third-order valence-electron chi connectivity index (χ3n) is 4.54. The maximum atomic E-state index is 6.10. The van der Waals surface area contributed by atoms with E-state index in [-0.39, 0.29) is 5.60 Å². The van der Waals surface area contributed by atoms with Crippen LogP contribution in [0.2, 0.25) is 0 Å². The van der Waals surface area contributed by atoms with E-state index in [9.17, 15) is 0 Å². The van der Waals surface area contributed by atoms with Crippen molar-refractivity contribution in [1.29, 1.82) is 0 Å².